The van der Waals surface area contributed by atoms with E-state index in [1.54, 1.807) is 11.8 Å². The molecule has 4 nitrogen and oxygen atoms in total. The standard InChI is InChI=1S/C12H23NO3/c1-5-10(6-2)12(16)13(7-3)9(4)8-11(14)15/h9-10H,5-8H2,1-4H3,(H,14,15). The van der Waals surface area contributed by atoms with E-state index in [0.717, 1.165) is 12.8 Å². The van der Waals surface area contributed by atoms with Crippen molar-refractivity contribution in [2.75, 3.05) is 6.54 Å². The highest BCUT2D eigenvalue weighted by atomic mass is 16.4. The summed E-state index contributed by atoms with van der Waals surface area (Å²) in [6.07, 6.45) is 1.64. The van der Waals surface area contributed by atoms with E-state index in [0.29, 0.717) is 6.54 Å². The molecule has 1 unspecified atom stereocenters. The summed E-state index contributed by atoms with van der Waals surface area (Å²) in [5, 5.41) is 8.73. The number of carbonyl (C=O) groups is 2. The van der Waals surface area contributed by atoms with E-state index in [-0.39, 0.29) is 24.3 Å². The summed E-state index contributed by atoms with van der Waals surface area (Å²) in [5.74, 6) is -0.749. The molecule has 1 N–H and O–H groups in total. The molecule has 0 aliphatic rings. The monoisotopic (exact) mass is 229 g/mol. The average Bonchev–Trinajstić information content (AvgIpc) is 2.19. The lowest BCUT2D eigenvalue weighted by molar-refractivity contribution is -0.142. The molecule has 1 amide bonds. The molecule has 0 saturated carbocycles. The van der Waals surface area contributed by atoms with Crippen LogP contribution in [0.25, 0.3) is 0 Å². The third-order valence-electron chi connectivity index (χ3n) is 2.96. The Labute approximate surface area is 97.6 Å². The fourth-order valence-corrected chi connectivity index (χ4v) is 1.92. The smallest absolute Gasteiger partial charge is 0.305 e. The normalized spacial score (nSPS) is 12.6. The zero-order valence-corrected chi connectivity index (χ0v) is 10.7. The van der Waals surface area contributed by atoms with Crippen molar-refractivity contribution in [1.29, 1.82) is 0 Å². The van der Waals surface area contributed by atoms with Crippen LogP contribution >= 0.6 is 0 Å². The van der Waals surface area contributed by atoms with E-state index in [9.17, 15) is 9.59 Å². The minimum atomic E-state index is -0.858. The highest BCUT2D eigenvalue weighted by Crippen LogP contribution is 2.15. The lowest BCUT2D eigenvalue weighted by atomic mass is 10.0. The molecular weight excluding hydrogens is 206 g/mol. The van der Waals surface area contributed by atoms with Crippen LogP contribution < -0.4 is 0 Å². The van der Waals surface area contributed by atoms with E-state index in [1.165, 1.54) is 0 Å². The quantitative estimate of drug-likeness (QED) is 0.727. The van der Waals surface area contributed by atoms with Gasteiger partial charge < -0.3 is 10.0 Å². The van der Waals surface area contributed by atoms with Crippen molar-refractivity contribution < 1.29 is 14.7 Å². The van der Waals surface area contributed by atoms with Gasteiger partial charge in [0.05, 0.1) is 6.42 Å². The molecule has 0 rings (SSSR count). The van der Waals surface area contributed by atoms with Gasteiger partial charge in [-0.1, -0.05) is 13.8 Å². The molecule has 0 aromatic rings. The van der Waals surface area contributed by atoms with Gasteiger partial charge in [0.25, 0.3) is 0 Å². The number of hydrogen-bond acceptors (Lipinski definition) is 2. The molecule has 16 heavy (non-hydrogen) atoms. The van der Waals surface area contributed by atoms with Gasteiger partial charge in [0.1, 0.15) is 0 Å². The second kappa shape index (κ2) is 7.25. The maximum absolute atomic E-state index is 12.1. The van der Waals surface area contributed by atoms with Crippen molar-refractivity contribution in [2.24, 2.45) is 5.92 Å². The predicted octanol–water partition coefficient (Wildman–Crippen LogP) is 2.13. The van der Waals surface area contributed by atoms with E-state index < -0.39 is 5.97 Å². The molecule has 0 saturated heterocycles. The summed E-state index contributed by atoms with van der Waals surface area (Å²) in [4.78, 5) is 24.4. The zero-order chi connectivity index (χ0) is 12.7. The van der Waals surface area contributed by atoms with Crippen LogP contribution in [-0.4, -0.2) is 34.5 Å². The van der Waals surface area contributed by atoms with Gasteiger partial charge in [-0.05, 0) is 26.7 Å². The number of carboxylic acid groups (broad SMARTS) is 1. The van der Waals surface area contributed by atoms with Crippen LogP contribution in [0.15, 0.2) is 0 Å². The van der Waals surface area contributed by atoms with Crippen molar-refractivity contribution in [3.05, 3.63) is 0 Å². The highest BCUT2D eigenvalue weighted by Gasteiger charge is 2.25. The van der Waals surface area contributed by atoms with Crippen LogP contribution in [0.3, 0.4) is 0 Å². The van der Waals surface area contributed by atoms with Crippen LogP contribution in [0.5, 0.6) is 0 Å². The largest absolute Gasteiger partial charge is 0.481 e. The average molecular weight is 229 g/mol. The summed E-state index contributed by atoms with van der Waals surface area (Å²) >= 11 is 0. The zero-order valence-electron chi connectivity index (χ0n) is 10.7. The van der Waals surface area contributed by atoms with Gasteiger partial charge in [0.15, 0.2) is 0 Å². The van der Waals surface area contributed by atoms with Crippen molar-refractivity contribution in [3.63, 3.8) is 0 Å². The summed E-state index contributed by atoms with van der Waals surface area (Å²) in [6, 6.07) is -0.226. The second-order valence-electron chi connectivity index (χ2n) is 4.08. The third-order valence-corrected chi connectivity index (χ3v) is 2.96. The molecule has 0 fully saturated rings. The minimum Gasteiger partial charge on any atom is -0.481 e. The summed E-state index contributed by atoms with van der Waals surface area (Å²) in [5.41, 5.74) is 0. The van der Waals surface area contributed by atoms with Gasteiger partial charge in [0, 0.05) is 18.5 Å². The molecule has 0 radical (unpaired) electrons. The molecule has 0 heterocycles. The highest BCUT2D eigenvalue weighted by molar-refractivity contribution is 5.79. The SMILES string of the molecule is CCC(CC)C(=O)N(CC)C(C)CC(=O)O. The summed E-state index contributed by atoms with van der Waals surface area (Å²) in [6.45, 7) is 8.23. The van der Waals surface area contributed by atoms with Gasteiger partial charge in [-0.3, -0.25) is 9.59 Å². The lowest BCUT2D eigenvalue weighted by Crippen LogP contribution is -2.42. The topological polar surface area (TPSA) is 57.6 Å². The van der Waals surface area contributed by atoms with Crippen molar-refractivity contribution in [2.45, 2.75) is 53.0 Å². The van der Waals surface area contributed by atoms with Crippen molar-refractivity contribution in [1.82, 2.24) is 4.90 Å². The Morgan fingerprint density at radius 3 is 2.00 bits per heavy atom. The Morgan fingerprint density at radius 1 is 1.19 bits per heavy atom. The maximum Gasteiger partial charge on any atom is 0.305 e. The van der Waals surface area contributed by atoms with Crippen molar-refractivity contribution >= 4 is 11.9 Å². The molecule has 0 bridgehead atoms. The van der Waals surface area contributed by atoms with Gasteiger partial charge >= 0.3 is 5.97 Å². The molecule has 4 heteroatoms. The van der Waals surface area contributed by atoms with Crippen molar-refractivity contribution in [3.8, 4) is 0 Å². The van der Waals surface area contributed by atoms with Crippen LogP contribution in [0.4, 0.5) is 0 Å². The number of hydrogen-bond donors (Lipinski definition) is 1. The number of carbonyl (C=O) groups excluding carboxylic acids is 1. The Balaban J connectivity index is 4.58. The molecule has 0 aromatic carbocycles. The Hall–Kier alpha value is -1.06. The number of amides is 1. The van der Waals surface area contributed by atoms with Crippen LogP contribution in [0.1, 0.15) is 47.0 Å². The first-order valence-electron chi connectivity index (χ1n) is 6.00. The fraction of sp³-hybridized carbons (Fsp3) is 0.833. The Morgan fingerprint density at radius 2 is 1.69 bits per heavy atom. The van der Waals surface area contributed by atoms with Gasteiger partial charge in [0.2, 0.25) is 5.91 Å². The van der Waals surface area contributed by atoms with Gasteiger partial charge in [-0.2, -0.15) is 0 Å². The molecule has 0 aromatic heterocycles. The number of carboxylic acids is 1. The van der Waals surface area contributed by atoms with E-state index in [1.807, 2.05) is 20.8 Å². The molecule has 1 atom stereocenters. The summed E-state index contributed by atoms with van der Waals surface area (Å²) in [7, 11) is 0. The van der Waals surface area contributed by atoms with Gasteiger partial charge in [-0.25, -0.2) is 0 Å². The minimum absolute atomic E-state index is 0.0136. The molecule has 94 valence electrons. The first-order valence-corrected chi connectivity index (χ1v) is 6.00. The van der Waals surface area contributed by atoms with Crippen LogP contribution in [0.2, 0.25) is 0 Å². The van der Waals surface area contributed by atoms with Crippen LogP contribution in [0, 0.1) is 5.92 Å². The third kappa shape index (κ3) is 4.21. The summed E-state index contributed by atoms with van der Waals surface area (Å²) < 4.78 is 0. The Bertz CT molecular complexity index is 236. The first kappa shape index (κ1) is 14.9. The Kier molecular flexibility index (Phi) is 6.77. The lowest BCUT2D eigenvalue weighted by Gasteiger charge is -2.30. The van der Waals surface area contributed by atoms with E-state index in [2.05, 4.69) is 0 Å². The number of aliphatic carboxylic acids is 1. The molecule has 0 spiro atoms. The van der Waals surface area contributed by atoms with E-state index in [4.69, 9.17) is 5.11 Å². The number of nitrogens with zero attached hydrogens (tertiary/aromatic N) is 1. The van der Waals surface area contributed by atoms with Gasteiger partial charge in [-0.15, -0.1) is 0 Å². The molecule has 0 aliphatic carbocycles. The second-order valence-corrected chi connectivity index (χ2v) is 4.08. The van der Waals surface area contributed by atoms with Crippen LogP contribution in [-0.2, 0) is 9.59 Å². The number of rotatable bonds is 7. The maximum atomic E-state index is 12.1. The molecular formula is C12H23NO3. The molecule has 0 aliphatic heterocycles. The first-order chi connectivity index (χ1) is 7.47. The predicted molar refractivity (Wildman–Crippen MR) is 63.2 cm³/mol. The van der Waals surface area contributed by atoms with E-state index >= 15 is 0 Å². The fourth-order valence-electron chi connectivity index (χ4n) is 1.92.